The molecule has 5 nitrogen and oxygen atoms in total. The Morgan fingerprint density at radius 1 is 1.25 bits per heavy atom. The van der Waals surface area contributed by atoms with Gasteiger partial charge in [-0.25, -0.2) is 13.2 Å². The van der Waals surface area contributed by atoms with Crippen LogP contribution < -0.4 is 0 Å². The predicted molar refractivity (Wildman–Crippen MR) is 78.2 cm³/mol. The first-order chi connectivity index (χ1) is 9.27. The molecule has 6 heteroatoms. The van der Waals surface area contributed by atoms with Gasteiger partial charge in [-0.2, -0.15) is 4.31 Å². The third-order valence-corrected chi connectivity index (χ3v) is 4.94. The van der Waals surface area contributed by atoms with Crippen LogP contribution in [0, 0.1) is 0 Å². The van der Waals surface area contributed by atoms with Crippen LogP contribution in [-0.4, -0.2) is 36.4 Å². The van der Waals surface area contributed by atoms with Crippen LogP contribution in [0.3, 0.4) is 0 Å². The zero-order valence-electron chi connectivity index (χ0n) is 12.0. The summed E-state index contributed by atoms with van der Waals surface area (Å²) in [6.07, 6.45) is 0.759. The molecule has 0 aliphatic carbocycles. The number of hydrogen-bond acceptors (Lipinski definition) is 3. The summed E-state index contributed by atoms with van der Waals surface area (Å²) >= 11 is 0. The van der Waals surface area contributed by atoms with E-state index in [-0.39, 0.29) is 17.4 Å². The van der Waals surface area contributed by atoms with Crippen LogP contribution in [0.2, 0.25) is 0 Å². The van der Waals surface area contributed by atoms with E-state index in [2.05, 4.69) is 0 Å². The second kappa shape index (κ2) is 6.85. The van der Waals surface area contributed by atoms with E-state index in [1.165, 1.54) is 16.4 Å². The van der Waals surface area contributed by atoms with E-state index in [9.17, 15) is 13.2 Å². The molecule has 0 unspecified atom stereocenters. The maximum atomic E-state index is 12.4. The molecule has 112 valence electrons. The van der Waals surface area contributed by atoms with E-state index >= 15 is 0 Å². The molecule has 0 saturated carbocycles. The third-order valence-electron chi connectivity index (χ3n) is 2.93. The van der Waals surface area contributed by atoms with Gasteiger partial charge in [0.15, 0.2) is 0 Å². The van der Waals surface area contributed by atoms with Gasteiger partial charge < -0.3 is 5.11 Å². The number of nitrogens with zero attached hydrogens (tertiary/aromatic N) is 1. The molecule has 0 aliphatic heterocycles. The first-order valence-corrected chi connectivity index (χ1v) is 8.20. The number of aromatic carboxylic acids is 1. The molecular formula is C14H21NO4S. The van der Waals surface area contributed by atoms with Gasteiger partial charge in [-0.3, -0.25) is 0 Å². The van der Waals surface area contributed by atoms with Crippen LogP contribution in [0.25, 0.3) is 0 Å². The lowest BCUT2D eigenvalue weighted by atomic mass is 10.1. The van der Waals surface area contributed by atoms with Crippen molar-refractivity contribution in [1.82, 2.24) is 4.31 Å². The smallest absolute Gasteiger partial charge is 0.335 e. The van der Waals surface area contributed by atoms with Crippen LogP contribution in [0.5, 0.6) is 0 Å². The predicted octanol–water partition coefficient (Wildman–Crippen LogP) is 2.33. The summed E-state index contributed by atoms with van der Waals surface area (Å²) in [5, 5.41) is 8.81. The third kappa shape index (κ3) is 4.31. The Kier molecular flexibility index (Phi) is 5.71. The van der Waals surface area contributed by atoms with Crippen LogP contribution in [0.15, 0.2) is 24.3 Å². The standard InChI is InChI=1S/C14H21NO4S/c1-4-9-15(11(2)3)20(18,19)10-12-5-7-13(8-6-12)14(16)17/h5-8,11H,4,9-10H2,1-3H3,(H,16,17). The average molecular weight is 299 g/mol. The minimum atomic E-state index is -3.38. The molecule has 0 fully saturated rings. The van der Waals surface area contributed by atoms with Crippen molar-refractivity contribution in [2.45, 2.75) is 39.0 Å². The number of carboxylic acid groups (broad SMARTS) is 1. The van der Waals surface area contributed by atoms with Gasteiger partial charge in [-0.05, 0) is 38.0 Å². The van der Waals surface area contributed by atoms with Crippen molar-refractivity contribution < 1.29 is 18.3 Å². The zero-order chi connectivity index (χ0) is 15.3. The minimum Gasteiger partial charge on any atom is -0.478 e. The van der Waals surface area contributed by atoms with Crippen molar-refractivity contribution in [3.63, 3.8) is 0 Å². The monoisotopic (exact) mass is 299 g/mol. The Morgan fingerprint density at radius 2 is 1.80 bits per heavy atom. The number of benzene rings is 1. The minimum absolute atomic E-state index is 0.0850. The molecule has 20 heavy (non-hydrogen) atoms. The van der Waals surface area contributed by atoms with Crippen LogP contribution in [-0.2, 0) is 15.8 Å². The summed E-state index contributed by atoms with van der Waals surface area (Å²) in [6, 6.07) is 5.86. The highest BCUT2D eigenvalue weighted by Crippen LogP contribution is 2.15. The van der Waals surface area contributed by atoms with Gasteiger partial charge in [0.25, 0.3) is 0 Å². The fraction of sp³-hybridized carbons (Fsp3) is 0.500. The van der Waals surface area contributed by atoms with E-state index in [0.29, 0.717) is 12.1 Å². The lowest BCUT2D eigenvalue weighted by Crippen LogP contribution is -2.38. The fourth-order valence-electron chi connectivity index (χ4n) is 1.98. The van der Waals surface area contributed by atoms with E-state index < -0.39 is 16.0 Å². The van der Waals surface area contributed by atoms with E-state index in [1.54, 1.807) is 12.1 Å². The molecule has 1 aromatic rings. The van der Waals surface area contributed by atoms with Crippen molar-refractivity contribution in [3.05, 3.63) is 35.4 Å². The average Bonchev–Trinajstić information content (AvgIpc) is 2.35. The molecule has 0 radical (unpaired) electrons. The SMILES string of the molecule is CCCN(C(C)C)S(=O)(=O)Cc1ccc(C(=O)O)cc1. The van der Waals surface area contributed by atoms with Crippen molar-refractivity contribution in [3.8, 4) is 0 Å². The van der Waals surface area contributed by atoms with Gasteiger partial charge in [0.05, 0.1) is 11.3 Å². The largest absolute Gasteiger partial charge is 0.478 e. The quantitative estimate of drug-likeness (QED) is 0.838. The molecule has 0 saturated heterocycles. The molecule has 0 spiro atoms. The van der Waals surface area contributed by atoms with Crippen LogP contribution in [0.1, 0.15) is 43.1 Å². The van der Waals surface area contributed by atoms with E-state index in [1.807, 2.05) is 20.8 Å². The summed E-state index contributed by atoms with van der Waals surface area (Å²) in [4.78, 5) is 10.8. The first kappa shape index (κ1) is 16.7. The molecule has 0 atom stereocenters. The molecule has 0 aliphatic rings. The molecule has 0 amide bonds. The number of hydrogen-bond donors (Lipinski definition) is 1. The summed E-state index contributed by atoms with van der Waals surface area (Å²) in [7, 11) is -3.38. The Balaban J connectivity index is 2.92. The van der Waals surface area contributed by atoms with Gasteiger partial charge in [0.1, 0.15) is 0 Å². The lowest BCUT2D eigenvalue weighted by Gasteiger charge is -2.25. The fourth-order valence-corrected chi connectivity index (χ4v) is 3.86. The number of sulfonamides is 1. The summed E-state index contributed by atoms with van der Waals surface area (Å²) in [5.74, 6) is -1.13. The molecule has 1 aromatic carbocycles. The first-order valence-electron chi connectivity index (χ1n) is 6.59. The summed E-state index contributed by atoms with van der Waals surface area (Å²) in [6.45, 7) is 6.13. The van der Waals surface area contributed by atoms with Crippen molar-refractivity contribution in [2.75, 3.05) is 6.54 Å². The summed E-state index contributed by atoms with van der Waals surface area (Å²) < 4.78 is 26.2. The maximum Gasteiger partial charge on any atom is 0.335 e. The maximum absolute atomic E-state index is 12.4. The molecule has 0 aromatic heterocycles. The van der Waals surface area contributed by atoms with Gasteiger partial charge in [-0.15, -0.1) is 0 Å². The zero-order valence-corrected chi connectivity index (χ0v) is 12.9. The number of carboxylic acids is 1. The van der Waals surface area contributed by atoms with E-state index in [0.717, 1.165) is 6.42 Å². The molecule has 0 bridgehead atoms. The Labute approximate surface area is 120 Å². The Bertz CT molecular complexity index is 549. The summed E-state index contributed by atoms with van der Waals surface area (Å²) in [5.41, 5.74) is 0.747. The second-order valence-corrected chi connectivity index (χ2v) is 6.88. The molecule has 1 N–H and O–H groups in total. The Hall–Kier alpha value is -1.40. The number of carbonyl (C=O) groups is 1. The Morgan fingerprint density at radius 3 is 2.20 bits per heavy atom. The lowest BCUT2D eigenvalue weighted by molar-refractivity contribution is 0.0697. The highest BCUT2D eigenvalue weighted by atomic mass is 32.2. The van der Waals surface area contributed by atoms with Crippen LogP contribution in [0.4, 0.5) is 0 Å². The van der Waals surface area contributed by atoms with Crippen molar-refractivity contribution in [2.24, 2.45) is 0 Å². The van der Waals surface area contributed by atoms with Crippen molar-refractivity contribution in [1.29, 1.82) is 0 Å². The van der Waals surface area contributed by atoms with Crippen molar-refractivity contribution >= 4 is 16.0 Å². The second-order valence-electron chi connectivity index (χ2n) is 4.96. The molecule has 0 heterocycles. The van der Waals surface area contributed by atoms with Gasteiger partial charge in [-0.1, -0.05) is 19.1 Å². The van der Waals surface area contributed by atoms with Gasteiger partial charge >= 0.3 is 5.97 Å². The topological polar surface area (TPSA) is 74.7 Å². The van der Waals surface area contributed by atoms with Gasteiger partial charge in [0, 0.05) is 12.6 Å². The highest BCUT2D eigenvalue weighted by Gasteiger charge is 2.24. The van der Waals surface area contributed by atoms with E-state index in [4.69, 9.17) is 5.11 Å². The van der Waals surface area contributed by atoms with Gasteiger partial charge in [0.2, 0.25) is 10.0 Å². The molecular weight excluding hydrogens is 278 g/mol. The number of rotatable bonds is 7. The van der Waals surface area contributed by atoms with Crippen LogP contribution >= 0.6 is 0 Å². The normalized spacial score (nSPS) is 12.1. The highest BCUT2D eigenvalue weighted by molar-refractivity contribution is 7.88. The molecule has 1 rings (SSSR count).